The normalized spacial score (nSPS) is 21.3. The number of ether oxygens (including phenoxy) is 6. The minimum atomic E-state index is -1.38. The highest BCUT2D eigenvalue weighted by molar-refractivity contribution is 6.31. The molecule has 5 aromatic carbocycles. The van der Waals surface area contributed by atoms with Crippen molar-refractivity contribution in [2.45, 2.75) is 76.7 Å². The van der Waals surface area contributed by atoms with Gasteiger partial charge in [-0.2, -0.15) is 0 Å². The molecule has 0 aromatic heterocycles. The van der Waals surface area contributed by atoms with Crippen molar-refractivity contribution in [1.82, 2.24) is 0 Å². The van der Waals surface area contributed by atoms with Crippen molar-refractivity contribution in [1.29, 1.82) is 0 Å². The summed E-state index contributed by atoms with van der Waals surface area (Å²) in [4.78, 5) is 0. The lowest BCUT2D eigenvalue weighted by atomic mass is 9.81. The van der Waals surface area contributed by atoms with Crippen LogP contribution in [0.5, 0.6) is 5.75 Å². The monoisotopic (exact) mass is 706 g/mol. The highest BCUT2D eigenvalue weighted by Gasteiger charge is 2.61. The molecule has 4 atom stereocenters. The predicted octanol–water partition coefficient (Wildman–Crippen LogP) is 9.69. The molecule has 1 fully saturated rings. The molecule has 1 aliphatic heterocycles. The first kappa shape index (κ1) is 36.8. The van der Waals surface area contributed by atoms with E-state index in [9.17, 15) is 0 Å². The molecule has 0 spiro atoms. The lowest BCUT2D eigenvalue weighted by Gasteiger charge is -2.55. The summed E-state index contributed by atoms with van der Waals surface area (Å²) in [7, 11) is 1.66. The van der Waals surface area contributed by atoms with Crippen LogP contribution < -0.4 is 4.74 Å². The van der Waals surface area contributed by atoms with Gasteiger partial charge in [0.25, 0.3) is 0 Å². The van der Waals surface area contributed by atoms with Crippen LogP contribution in [0.15, 0.2) is 133 Å². The van der Waals surface area contributed by atoms with Crippen LogP contribution in [0.25, 0.3) is 0 Å². The molecule has 0 saturated carbocycles. The van der Waals surface area contributed by atoms with Crippen LogP contribution >= 0.6 is 11.6 Å². The van der Waals surface area contributed by atoms with Crippen LogP contribution in [0, 0.1) is 0 Å². The van der Waals surface area contributed by atoms with Gasteiger partial charge < -0.3 is 28.4 Å². The molecule has 6 nitrogen and oxygen atoms in total. The summed E-state index contributed by atoms with van der Waals surface area (Å²) < 4.78 is 40.0. The van der Waals surface area contributed by atoms with Crippen LogP contribution in [0.4, 0.5) is 0 Å². The Morgan fingerprint density at radius 1 is 0.627 bits per heavy atom. The van der Waals surface area contributed by atoms with Crippen molar-refractivity contribution < 1.29 is 28.4 Å². The maximum Gasteiger partial charge on any atom is 0.225 e. The van der Waals surface area contributed by atoms with E-state index < -0.39 is 29.7 Å². The van der Waals surface area contributed by atoms with Crippen LogP contribution in [0.1, 0.15) is 54.2 Å². The molecule has 51 heavy (non-hydrogen) atoms. The van der Waals surface area contributed by atoms with E-state index in [4.69, 9.17) is 40.0 Å². The number of benzene rings is 5. The Morgan fingerprint density at radius 3 is 1.69 bits per heavy atom. The van der Waals surface area contributed by atoms with Gasteiger partial charge >= 0.3 is 0 Å². The van der Waals surface area contributed by atoms with E-state index in [2.05, 4.69) is 42.5 Å². The molecule has 0 bridgehead atoms. The SMILES string of the molecule is CCOc1ccc(Cc2cc([C@]3(OC)OC(C)(C)[C@@H](OCc4ccccc4)[C@H](OCc4ccccc4)[C@H]3OCc3ccccc3)ccc2Cl)cc1. The molecule has 7 heteroatoms. The average molecular weight is 707 g/mol. The lowest BCUT2D eigenvalue weighted by molar-refractivity contribution is -0.403. The van der Waals surface area contributed by atoms with Crippen molar-refractivity contribution >= 4 is 11.6 Å². The number of methoxy groups -OCH3 is 1. The predicted molar refractivity (Wildman–Crippen MR) is 201 cm³/mol. The van der Waals surface area contributed by atoms with Crippen molar-refractivity contribution in [3.05, 3.63) is 172 Å². The summed E-state index contributed by atoms with van der Waals surface area (Å²) in [6, 6.07) is 44.4. The Labute approximate surface area is 307 Å². The first-order valence-electron chi connectivity index (χ1n) is 17.5. The third kappa shape index (κ3) is 8.90. The van der Waals surface area contributed by atoms with Crippen LogP contribution in [0.3, 0.4) is 0 Å². The molecule has 1 heterocycles. The topological polar surface area (TPSA) is 55.4 Å². The van der Waals surface area contributed by atoms with Gasteiger partial charge in [-0.1, -0.05) is 121 Å². The minimum Gasteiger partial charge on any atom is -0.494 e. The van der Waals surface area contributed by atoms with Crippen molar-refractivity contribution in [3.63, 3.8) is 0 Å². The third-order valence-corrected chi connectivity index (χ3v) is 9.65. The zero-order valence-corrected chi connectivity index (χ0v) is 30.6. The highest BCUT2D eigenvalue weighted by atomic mass is 35.5. The molecule has 5 aromatic rings. The molecule has 266 valence electrons. The van der Waals surface area contributed by atoms with Gasteiger partial charge in [-0.25, -0.2) is 0 Å². The lowest BCUT2D eigenvalue weighted by Crippen LogP contribution is -2.68. The van der Waals surface area contributed by atoms with E-state index in [1.165, 1.54) is 0 Å². The zero-order chi connectivity index (χ0) is 35.7. The molecule has 1 aliphatic rings. The Hall–Kier alpha value is -4.01. The van der Waals surface area contributed by atoms with Gasteiger partial charge in [-0.05, 0) is 79.3 Å². The molecule has 0 aliphatic carbocycles. The van der Waals surface area contributed by atoms with Crippen molar-refractivity contribution in [2.75, 3.05) is 13.7 Å². The molecule has 6 rings (SSSR count). The van der Waals surface area contributed by atoms with Gasteiger partial charge in [0.05, 0.1) is 32.0 Å². The first-order valence-corrected chi connectivity index (χ1v) is 17.9. The largest absolute Gasteiger partial charge is 0.494 e. The van der Waals surface area contributed by atoms with Gasteiger partial charge in [-0.3, -0.25) is 0 Å². The van der Waals surface area contributed by atoms with Gasteiger partial charge in [0.1, 0.15) is 24.1 Å². The molecule has 0 N–H and O–H groups in total. The Morgan fingerprint density at radius 2 is 1.16 bits per heavy atom. The van der Waals surface area contributed by atoms with E-state index in [0.29, 0.717) is 37.9 Å². The quantitative estimate of drug-likeness (QED) is 0.108. The number of hydrogen-bond acceptors (Lipinski definition) is 6. The van der Waals surface area contributed by atoms with E-state index in [1.54, 1.807) is 7.11 Å². The number of halogens is 1. The Bertz CT molecular complexity index is 1800. The van der Waals surface area contributed by atoms with Crippen LogP contribution in [-0.2, 0) is 55.7 Å². The van der Waals surface area contributed by atoms with Crippen LogP contribution in [-0.4, -0.2) is 37.6 Å². The van der Waals surface area contributed by atoms with Crippen molar-refractivity contribution in [3.8, 4) is 5.75 Å². The molecular weight excluding hydrogens is 660 g/mol. The second kappa shape index (κ2) is 17.0. The third-order valence-electron chi connectivity index (χ3n) is 9.28. The Balaban J connectivity index is 1.41. The van der Waals surface area contributed by atoms with Gasteiger partial charge in [0, 0.05) is 17.7 Å². The summed E-state index contributed by atoms with van der Waals surface area (Å²) in [5.41, 5.74) is 5.04. The van der Waals surface area contributed by atoms with E-state index in [1.807, 2.05) is 112 Å². The van der Waals surface area contributed by atoms with Gasteiger partial charge in [0.2, 0.25) is 5.79 Å². The van der Waals surface area contributed by atoms with Gasteiger partial charge in [0.15, 0.2) is 0 Å². The second-order valence-corrected chi connectivity index (χ2v) is 13.7. The molecular formula is C44H47ClO6. The zero-order valence-electron chi connectivity index (χ0n) is 29.8. The Kier molecular flexibility index (Phi) is 12.3. The van der Waals surface area contributed by atoms with Crippen LogP contribution in [0.2, 0.25) is 5.02 Å². The molecule has 0 unspecified atom stereocenters. The van der Waals surface area contributed by atoms with E-state index in [-0.39, 0.29) is 0 Å². The molecule has 1 saturated heterocycles. The summed E-state index contributed by atoms with van der Waals surface area (Å²) in [5, 5.41) is 0.650. The fourth-order valence-electron chi connectivity index (χ4n) is 6.76. The summed E-state index contributed by atoms with van der Waals surface area (Å²) in [6.45, 7) is 7.68. The smallest absolute Gasteiger partial charge is 0.225 e. The number of rotatable bonds is 15. The maximum absolute atomic E-state index is 7.16. The standard InChI is InChI=1S/C44H47ClO6/c1-5-47-38-24-21-32(22-25-38)27-36-28-37(23-26-39(36)45)44(46-4)42(50-31-35-19-13-8-14-20-35)40(48-29-33-15-9-6-10-16-33)41(43(2,3)51-44)49-30-34-17-11-7-12-18-34/h6-26,28,40-42H,5,27,29-31H2,1-4H3/t40-,41-,42+,44-/m0/s1. The summed E-state index contributed by atoms with van der Waals surface area (Å²) >= 11 is 6.87. The fourth-order valence-corrected chi connectivity index (χ4v) is 6.94. The first-order chi connectivity index (χ1) is 24.8. The van der Waals surface area contributed by atoms with E-state index in [0.717, 1.165) is 39.1 Å². The number of hydrogen-bond donors (Lipinski definition) is 0. The maximum atomic E-state index is 7.16. The van der Waals surface area contributed by atoms with Gasteiger partial charge in [-0.15, -0.1) is 0 Å². The van der Waals surface area contributed by atoms with E-state index >= 15 is 0 Å². The fraction of sp³-hybridized carbons (Fsp3) is 0.318. The van der Waals surface area contributed by atoms with Crippen molar-refractivity contribution in [2.24, 2.45) is 0 Å². The minimum absolute atomic E-state index is 0.309. The molecule has 0 amide bonds. The summed E-state index contributed by atoms with van der Waals surface area (Å²) in [6.07, 6.45) is -1.28. The average Bonchev–Trinajstić information content (AvgIpc) is 3.15. The second-order valence-electron chi connectivity index (χ2n) is 13.3. The highest BCUT2D eigenvalue weighted by Crippen LogP contribution is 2.48. The molecule has 0 radical (unpaired) electrons. The summed E-state index contributed by atoms with van der Waals surface area (Å²) in [5.74, 6) is -0.550.